The SMILES string of the molecule is O=C(CC1CCCc2ccccc21)NC1CCCCC1O. The minimum absolute atomic E-state index is 0.0370. The first-order valence-electron chi connectivity index (χ1n) is 8.29. The first kappa shape index (κ1) is 14.6. The summed E-state index contributed by atoms with van der Waals surface area (Å²) in [5.74, 6) is 0.443. The molecule has 0 spiro atoms. The Balaban J connectivity index is 1.60. The van der Waals surface area contributed by atoms with Gasteiger partial charge < -0.3 is 10.4 Å². The van der Waals surface area contributed by atoms with Crippen molar-refractivity contribution in [3.63, 3.8) is 0 Å². The maximum Gasteiger partial charge on any atom is 0.220 e. The lowest BCUT2D eigenvalue weighted by atomic mass is 9.81. The molecule has 2 N–H and O–H groups in total. The van der Waals surface area contributed by atoms with Crippen LogP contribution in [0.2, 0.25) is 0 Å². The summed E-state index contributed by atoms with van der Waals surface area (Å²) in [5.41, 5.74) is 2.75. The van der Waals surface area contributed by atoms with Crippen LogP contribution in [0.5, 0.6) is 0 Å². The zero-order valence-corrected chi connectivity index (χ0v) is 12.6. The van der Waals surface area contributed by atoms with E-state index in [9.17, 15) is 9.90 Å². The van der Waals surface area contributed by atoms with E-state index >= 15 is 0 Å². The summed E-state index contributed by atoms with van der Waals surface area (Å²) in [7, 11) is 0. The number of hydrogen-bond donors (Lipinski definition) is 2. The average molecular weight is 287 g/mol. The van der Waals surface area contributed by atoms with Crippen molar-refractivity contribution in [2.24, 2.45) is 0 Å². The molecule has 0 bridgehead atoms. The Hall–Kier alpha value is -1.35. The predicted octanol–water partition coefficient (Wildman–Crippen LogP) is 2.92. The maximum absolute atomic E-state index is 12.3. The van der Waals surface area contributed by atoms with E-state index in [2.05, 4.69) is 29.6 Å². The Morgan fingerprint density at radius 3 is 2.81 bits per heavy atom. The van der Waals surface area contributed by atoms with Crippen LogP contribution in [0.3, 0.4) is 0 Å². The molecule has 0 heterocycles. The second-order valence-electron chi connectivity index (χ2n) is 6.52. The molecule has 2 aliphatic rings. The van der Waals surface area contributed by atoms with Crippen LogP contribution in [-0.4, -0.2) is 23.2 Å². The maximum atomic E-state index is 12.3. The van der Waals surface area contributed by atoms with Crippen LogP contribution < -0.4 is 5.32 Å². The molecule has 0 radical (unpaired) electrons. The van der Waals surface area contributed by atoms with Crippen LogP contribution in [0.4, 0.5) is 0 Å². The predicted molar refractivity (Wildman–Crippen MR) is 83.1 cm³/mol. The Bertz CT molecular complexity index is 500. The fourth-order valence-electron chi connectivity index (χ4n) is 3.84. The van der Waals surface area contributed by atoms with Crippen LogP contribution in [0, 0.1) is 0 Å². The minimum atomic E-state index is -0.360. The zero-order valence-electron chi connectivity index (χ0n) is 12.6. The van der Waals surface area contributed by atoms with Gasteiger partial charge in [0, 0.05) is 6.42 Å². The highest BCUT2D eigenvalue weighted by Gasteiger charge is 2.27. The minimum Gasteiger partial charge on any atom is -0.391 e. The second-order valence-corrected chi connectivity index (χ2v) is 6.52. The van der Waals surface area contributed by atoms with Crippen LogP contribution in [0.15, 0.2) is 24.3 Å². The van der Waals surface area contributed by atoms with Crippen molar-refractivity contribution in [1.82, 2.24) is 5.32 Å². The van der Waals surface area contributed by atoms with Gasteiger partial charge in [0.1, 0.15) is 0 Å². The molecule has 2 aliphatic carbocycles. The molecule has 0 aliphatic heterocycles. The largest absolute Gasteiger partial charge is 0.391 e. The molecule has 1 saturated carbocycles. The third-order valence-corrected chi connectivity index (χ3v) is 5.00. The monoisotopic (exact) mass is 287 g/mol. The third kappa shape index (κ3) is 3.46. The summed E-state index contributed by atoms with van der Waals surface area (Å²) in [6.45, 7) is 0. The molecular formula is C18H25NO2. The zero-order chi connectivity index (χ0) is 14.7. The van der Waals surface area contributed by atoms with E-state index in [-0.39, 0.29) is 18.1 Å². The standard InChI is InChI=1S/C18H25NO2/c20-17-11-4-3-10-16(17)19-18(21)12-14-8-5-7-13-6-1-2-9-15(13)14/h1-2,6,9,14,16-17,20H,3-5,7-8,10-12H2,(H,19,21). The highest BCUT2D eigenvalue weighted by atomic mass is 16.3. The lowest BCUT2D eigenvalue weighted by Gasteiger charge is -2.30. The number of aryl methyl sites for hydroxylation is 1. The fraction of sp³-hybridized carbons (Fsp3) is 0.611. The normalized spacial score (nSPS) is 28.7. The lowest BCUT2D eigenvalue weighted by Crippen LogP contribution is -2.45. The van der Waals surface area contributed by atoms with Gasteiger partial charge in [0.25, 0.3) is 0 Å². The third-order valence-electron chi connectivity index (χ3n) is 5.00. The Labute approximate surface area is 126 Å². The van der Waals surface area contributed by atoms with E-state index < -0.39 is 0 Å². The summed E-state index contributed by atoms with van der Waals surface area (Å²) in [6.07, 6.45) is 7.50. The second kappa shape index (κ2) is 6.61. The highest BCUT2D eigenvalue weighted by Crippen LogP contribution is 2.33. The topological polar surface area (TPSA) is 49.3 Å². The number of fused-ring (bicyclic) bond motifs is 1. The van der Waals surface area contributed by atoms with Gasteiger partial charge >= 0.3 is 0 Å². The molecule has 114 valence electrons. The smallest absolute Gasteiger partial charge is 0.220 e. The molecule has 3 rings (SSSR count). The highest BCUT2D eigenvalue weighted by molar-refractivity contribution is 5.77. The van der Waals surface area contributed by atoms with Crippen molar-refractivity contribution in [1.29, 1.82) is 0 Å². The summed E-state index contributed by atoms with van der Waals surface area (Å²) in [6, 6.07) is 8.47. The van der Waals surface area contributed by atoms with Crippen molar-refractivity contribution in [2.75, 3.05) is 0 Å². The average Bonchev–Trinajstić information content (AvgIpc) is 2.50. The molecule has 1 aromatic rings. The van der Waals surface area contributed by atoms with Crippen molar-refractivity contribution < 1.29 is 9.90 Å². The lowest BCUT2D eigenvalue weighted by molar-refractivity contribution is -0.123. The van der Waals surface area contributed by atoms with Crippen LogP contribution in [-0.2, 0) is 11.2 Å². The summed E-state index contributed by atoms with van der Waals surface area (Å²) >= 11 is 0. The van der Waals surface area contributed by atoms with E-state index in [1.165, 1.54) is 17.5 Å². The van der Waals surface area contributed by atoms with Crippen molar-refractivity contribution in [3.05, 3.63) is 35.4 Å². The molecule has 1 amide bonds. The molecule has 3 heteroatoms. The van der Waals surface area contributed by atoms with Gasteiger partial charge in [-0.1, -0.05) is 37.1 Å². The number of rotatable bonds is 3. The van der Waals surface area contributed by atoms with Gasteiger partial charge in [-0.05, 0) is 49.1 Å². The summed E-state index contributed by atoms with van der Waals surface area (Å²) < 4.78 is 0. The van der Waals surface area contributed by atoms with Crippen molar-refractivity contribution >= 4 is 5.91 Å². The van der Waals surface area contributed by atoms with Crippen molar-refractivity contribution in [2.45, 2.75) is 69.4 Å². The molecule has 3 atom stereocenters. The number of nitrogens with one attached hydrogen (secondary N) is 1. The number of amides is 1. The van der Waals surface area contributed by atoms with E-state index in [0.717, 1.165) is 38.5 Å². The summed E-state index contributed by atoms with van der Waals surface area (Å²) in [4.78, 5) is 12.3. The number of aliphatic hydroxyl groups is 1. The van der Waals surface area contributed by atoms with Crippen LogP contribution in [0.25, 0.3) is 0 Å². The van der Waals surface area contributed by atoms with Gasteiger partial charge in [-0.2, -0.15) is 0 Å². The van der Waals surface area contributed by atoms with Gasteiger partial charge in [0.2, 0.25) is 5.91 Å². The van der Waals surface area contributed by atoms with E-state index in [4.69, 9.17) is 0 Å². The number of hydrogen-bond acceptors (Lipinski definition) is 2. The Kier molecular flexibility index (Phi) is 4.59. The molecule has 3 nitrogen and oxygen atoms in total. The fourth-order valence-corrected chi connectivity index (χ4v) is 3.84. The quantitative estimate of drug-likeness (QED) is 0.898. The number of benzene rings is 1. The number of carbonyl (C=O) groups is 1. The van der Waals surface area contributed by atoms with E-state index in [0.29, 0.717) is 12.3 Å². The first-order chi connectivity index (χ1) is 10.2. The molecule has 21 heavy (non-hydrogen) atoms. The number of carbonyl (C=O) groups excluding carboxylic acids is 1. The molecule has 0 aromatic heterocycles. The molecule has 1 aromatic carbocycles. The first-order valence-corrected chi connectivity index (χ1v) is 8.29. The Morgan fingerprint density at radius 2 is 1.95 bits per heavy atom. The molecule has 3 unspecified atom stereocenters. The molecule has 1 fully saturated rings. The van der Waals surface area contributed by atoms with Gasteiger partial charge in [-0.25, -0.2) is 0 Å². The van der Waals surface area contributed by atoms with E-state index in [1.54, 1.807) is 0 Å². The van der Waals surface area contributed by atoms with Gasteiger partial charge in [-0.15, -0.1) is 0 Å². The van der Waals surface area contributed by atoms with Crippen LogP contribution >= 0.6 is 0 Å². The van der Waals surface area contributed by atoms with Crippen molar-refractivity contribution in [3.8, 4) is 0 Å². The molecular weight excluding hydrogens is 262 g/mol. The Morgan fingerprint density at radius 1 is 1.14 bits per heavy atom. The molecule has 0 saturated heterocycles. The summed E-state index contributed by atoms with van der Waals surface area (Å²) in [5, 5.41) is 13.0. The van der Waals surface area contributed by atoms with Gasteiger partial charge in [-0.3, -0.25) is 4.79 Å². The van der Waals surface area contributed by atoms with Crippen LogP contribution in [0.1, 0.15) is 62.0 Å². The number of aliphatic hydroxyl groups excluding tert-OH is 1. The van der Waals surface area contributed by atoms with Gasteiger partial charge in [0.15, 0.2) is 0 Å². The van der Waals surface area contributed by atoms with Gasteiger partial charge in [0.05, 0.1) is 12.1 Å². The van der Waals surface area contributed by atoms with E-state index in [1.807, 2.05) is 0 Å².